The Labute approximate surface area is 137 Å². The lowest BCUT2D eigenvalue weighted by molar-refractivity contribution is 0.280. The average Bonchev–Trinajstić information content (AvgIpc) is 2.62. The monoisotopic (exact) mass is 318 g/mol. The molecule has 118 valence electrons. The lowest BCUT2D eigenvalue weighted by atomic mass is 10.2. The molecule has 6 nitrogen and oxygen atoms in total. The normalized spacial score (nSPS) is 11.0. The molecule has 0 bridgehead atoms. The van der Waals surface area contributed by atoms with Gasteiger partial charge in [0, 0.05) is 23.5 Å². The first-order valence-corrected chi connectivity index (χ1v) is 7.49. The van der Waals surface area contributed by atoms with Gasteiger partial charge in [-0.15, -0.1) is 0 Å². The minimum Gasteiger partial charge on any atom is -0.391 e. The molecule has 0 radical (unpaired) electrons. The smallest absolute Gasteiger partial charge is 0.265 e. The number of hydrogen-bond acceptors (Lipinski definition) is 5. The maximum atomic E-state index is 12.5. The number of fused-ring (bicyclic) bond motifs is 2. The Morgan fingerprint density at radius 2 is 2.04 bits per heavy atom. The number of hydrogen-bond donors (Lipinski definition) is 2. The van der Waals surface area contributed by atoms with Gasteiger partial charge in [0.2, 0.25) is 0 Å². The van der Waals surface area contributed by atoms with Gasteiger partial charge in [-0.25, -0.2) is 4.98 Å². The van der Waals surface area contributed by atoms with Gasteiger partial charge in [-0.3, -0.25) is 14.2 Å². The van der Waals surface area contributed by atoms with Crippen molar-refractivity contribution in [1.82, 2.24) is 14.4 Å². The molecule has 0 amide bonds. The summed E-state index contributed by atoms with van der Waals surface area (Å²) in [5.74, 6) is 0.358. The number of benzene rings is 1. The number of aliphatic hydroxyl groups is 1. The summed E-state index contributed by atoms with van der Waals surface area (Å²) >= 11 is 0. The summed E-state index contributed by atoms with van der Waals surface area (Å²) in [7, 11) is 0. The Balaban J connectivity index is 1.84. The Kier molecular flexibility index (Phi) is 3.44. The van der Waals surface area contributed by atoms with E-state index in [2.05, 4.69) is 15.3 Å². The zero-order chi connectivity index (χ0) is 16.5. The maximum Gasteiger partial charge on any atom is 0.265 e. The van der Waals surface area contributed by atoms with E-state index in [9.17, 15) is 9.90 Å². The first-order chi connectivity index (χ1) is 11.8. The molecule has 0 spiro atoms. The molecular formula is C18H14N4O2. The second kappa shape index (κ2) is 5.75. The number of aromatic nitrogens is 3. The third-order valence-electron chi connectivity index (χ3n) is 3.85. The summed E-state index contributed by atoms with van der Waals surface area (Å²) in [6, 6.07) is 14.8. The van der Waals surface area contributed by atoms with Crippen molar-refractivity contribution in [2.75, 3.05) is 5.32 Å². The molecule has 4 aromatic rings. The highest BCUT2D eigenvalue weighted by Gasteiger charge is 2.12. The van der Waals surface area contributed by atoms with Gasteiger partial charge in [0.15, 0.2) is 0 Å². The second-order valence-electron chi connectivity index (χ2n) is 5.37. The topological polar surface area (TPSA) is 79.5 Å². The van der Waals surface area contributed by atoms with Gasteiger partial charge >= 0.3 is 0 Å². The lowest BCUT2D eigenvalue weighted by Gasteiger charge is -2.11. The van der Waals surface area contributed by atoms with Crippen LogP contribution in [0.3, 0.4) is 0 Å². The Hall–Kier alpha value is -3.25. The van der Waals surface area contributed by atoms with Crippen LogP contribution in [0.1, 0.15) is 5.56 Å². The molecule has 2 N–H and O–H groups in total. The molecule has 6 heteroatoms. The van der Waals surface area contributed by atoms with Crippen molar-refractivity contribution >= 4 is 28.1 Å². The van der Waals surface area contributed by atoms with Gasteiger partial charge in [-0.05, 0) is 36.4 Å². The van der Waals surface area contributed by atoms with Crippen LogP contribution >= 0.6 is 0 Å². The van der Waals surface area contributed by atoms with Gasteiger partial charge < -0.3 is 10.4 Å². The summed E-state index contributed by atoms with van der Waals surface area (Å²) in [6.07, 6.45) is 3.38. The summed E-state index contributed by atoms with van der Waals surface area (Å²) in [4.78, 5) is 21.2. The zero-order valence-electron chi connectivity index (χ0n) is 12.7. The molecule has 3 heterocycles. The van der Waals surface area contributed by atoms with E-state index in [4.69, 9.17) is 0 Å². The molecular weight excluding hydrogens is 304 g/mol. The van der Waals surface area contributed by atoms with Crippen LogP contribution in [0.4, 0.5) is 11.5 Å². The summed E-state index contributed by atoms with van der Waals surface area (Å²) in [6.45, 7) is -0.388. The van der Waals surface area contributed by atoms with Crippen molar-refractivity contribution in [2.24, 2.45) is 0 Å². The van der Waals surface area contributed by atoms with Crippen molar-refractivity contribution in [3.05, 3.63) is 76.8 Å². The quantitative estimate of drug-likeness (QED) is 0.606. The fourth-order valence-electron chi connectivity index (χ4n) is 2.66. The van der Waals surface area contributed by atoms with Crippen molar-refractivity contribution in [3.8, 4) is 0 Å². The molecule has 24 heavy (non-hydrogen) atoms. The third kappa shape index (κ3) is 2.39. The average molecular weight is 318 g/mol. The van der Waals surface area contributed by atoms with E-state index in [-0.39, 0.29) is 17.7 Å². The van der Waals surface area contributed by atoms with E-state index in [1.54, 1.807) is 24.5 Å². The van der Waals surface area contributed by atoms with E-state index in [1.165, 1.54) is 4.40 Å². The largest absolute Gasteiger partial charge is 0.391 e. The van der Waals surface area contributed by atoms with E-state index < -0.39 is 0 Å². The zero-order valence-corrected chi connectivity index (χ0v) is 12.7. The Morgan fingerprint density at radius 3 is 2.92 bits per heavy atom. The molecule has 0 aliphatic rings. The van der Waals surface area contributed by atoms with Crippen LogP contribution in [-0.4, -0.2) is 19.5 Å². The van der Waals surface area contributed by atoms with E-state index in [0.717, 1.165) is 16.6 Å². The highest BCUT2D eigenvalue weighted by Crippen LogP contribution is 2.21. The van der Waals surface area contributed by atoms with Crippen molar-refractivity contribution in [3.63, 3.8) is 0 Å². The summed E-state index contributed by atoms with van der Waals surface area (Å²) in [5, 5.41) is 13.7. The van der Waals surface area contributed by atoms with E-state index in [1.807, 2.05) is 36.4 Å². The van der Waals surface area contributed by atoms with Crippen molar-refractivity contribution in [1.29, 1.82) is 0 Å². The van der Waals surface area contributed by atoms with Crippen LogP contribution in [0.25, 0.3) is 16.6 Å². The maximum absolute atomic E-state index is 12.5. The molecule has 0 fully saturated rings. The Bertz CT molecular complexity index is 1100. The molecule has 0 unspecified atom stereocenters. The minimum absolute atomic E-state index is 0.227. The number of nitrogens with one attached hydrogen (secondary N) is 1. The summed E-state index contributed by atoms with van der Waals surface area (Å²) in [5.41, 5.74) is 2.12. The molecule has 0 atom stereocenters. The Morgan fingerprint density at radius 1 is 1.12 bits per heavy atom. The van der Waals surface area contributed by atoms with Gasteiger partial charge in [-0.2, -0.15) is 0 Å². The first kappa shape index (κ1) is 14.3. The SMILES string of the molecule is O=c1c(CO)c(Nc2ccc3ncccc3c2)nc2ccccn12. The first-order valence-electron chi connectivity index (χ1n) is 7.49. The molecule has 0 saturated heterocycles. The minimum atomic E-state index is -0.388. The fourth-order valence-corrected chi connectivity index (χ4v) is 2.66. The van der Waals surface area contributed by atoms with Crippen LogP contribution in [-0.2, 0) is 6.61 Å². The molecule has 0 saturated carbocycles. The van der Waals surface area contributed by atoms with Gasteiger partial charge in [-0.1, -0.05) is 12.1 Å². The number of pyridine rings is 2. The molecule has 0 aliphatic carbocycles. The number of aliphatic hydroxyl groups excluding tert-OH is 1. The van der Waals surface area contributed by atoms with Gasteiger partial charge in [0.25, 0.3) is 5.56 Å². The predicted molar refractivity (Wildman–Crippen MR) is 92.4 cm³/mol. The second-order valence-corrected chi connectivity index (χ2v) is 5.37. The van der Waals surface area contributed by atoms with E-state index >= 15 is 0 Å². The van der Waals surface area contributed by atoms with Gasteiger partial charge in [0.05, 0.1) is 17.7 Å². The molecule has 3 aromatic heterocycles. The van der Waals surface area contributed by atoms with Crippen molar-refractivity contribution < 1.29 is 5.11 Å². The van der Waals surface area contributed by atoms with Gasteiger partial charge in [0.1, 0.15) is 11.5 Å². The number of rotatable bonds is 3. The van der Waals surface area contributed by atoms with Crippen LogP contribution in [0.15, 0.2) is 65.7 Å². The molecule has 1 aromatic carbocycles. The van der Waals surface area contributed by atoms with Crippen LogP contribution in [0, 0.1) is 0 Å². The molecule has 4 rings (SSSR count). The molecule has 0 aliphatic heterocycles. The van der Waals surface area contributed by atoms with Crippen LogP contribution in [0.5, 0.6) is 0 Å². The predicted octanol–water partition coefficient (Wildman–Crippen LogP) is 2.48. The number of anilines is 2. The third-order valence-corrected chi connectivity index (χ3v) is 3.85. The highest BCUT2D eigenvalue weighted by molar-refractivity contribution is 5.83. The van der Waals surface area contributed by atoms with E-state index in [0.29, 0.717) is 11.5 Å². The van der Waals surface area contributed by atoms with Crippen LogP contribution in [0.2, 0.25) is 0 Å². The highest BCUT2D eigenvalue weighted by atomic mass is 16.3. The fraction of sp³-hybridized carbons (Fsp3) is 0.0556. The number of nitrogens with zero attached hydrogens (tertiary/aromatic N) is 3. The standard InChI is InChI=1S/C18H14N4O2/c23-11-14-17(21-16-5-1-2-9-22(16)18(14)24)20-13-6-7-15-12(10-13)4-3-8-19-15/h1-10,20,23H,11H2. The van der Waals surface area contributed by atoms with Crippen molar-refractivity contribution in [2.45, 2.75) is 6.61 Å². The summed E-state index contributed by atoms with van der Waals surface area (Å²) < 4.78 is 1.42. The lowest BCUT2D eigenvalue weighted by Crippen LogP contribution is -2.21. The van der Waals surface area contributed by atoms with Crippen LogP contribution < -0.4 is 10.9 Å².